The Hall–Kier alpha value is -6.69. The lowest BCUT2D eigenvalue weighted by Crippen LogP contribution is -2.09. The minimum absolute atomic E-state index is 0.242. The highest BCUT2D eigenvalue weighted by molar-refractivity contribution is 5.92. The smallest absolute Gasteiger partial charge is 0.343 e. The zero-order valence-corrected chi connectivity index (χ0v) is 29.9. The van der Waals surface area contributed by atoms with Crippen molar-refractivity contribution in [2.75, 3.05) is 33.5 Å². The normalized spacial score (nSPS) is 10.5. The lowest BCUT2D eigenvalue weighted by molar-refractivity contribution is -0.138. The number of hydrogen-bond donors (Lipinski definition) is 0. The van der Waals surface area contributed by atoms with Crippen molar-refractivity contribution in [1.29, 1.82) is 0 Å². The van der Waals surface area contributed by atoms with Crippen LogP contribution in [0.2, 0.25) is 0 Å². The van der Waals surface area contributed by atoms with Crippen LogP contribution in [-0.2, 0) is 19.1 Å². The average molecular weight is 736 g/mol. The Morgan fingerprint density at radius 3 is 1.56 bits per heavy atom. The monoisotopic (exact) mass is 735 g/mol. The molecule has 4 aromatic rings. The van der Waals surface area contributed by atoms with Crippen LogP contribution in [0.1, 0.15) is 52.0 Å². The third kappa shape index (κ3) is 13.5. The number of methoxy groups -OCH3 is 1. The highest BCUT2D eigenvalue weighted by Gasteiger charge is 2.14. The van der Waals surface area contributed by atoms with E-state index in [1.165, 1.54) is 7.11 Å². The summed E-state index contributed by atoms with van der Waals surface area (Å²) in [5.74, 6) is 0.156. The second-order valence-corrected chi connectivity index (χ2v) is 11.3. The first-order chi connectivity index (χ1) is 26.3. The molecule has 0 saturated heterocycles. The van der Waals surface area contributed by atoms with Crippen LogP contribution in [0.3, 0.4) is 0 Å². The second kappa shape index (κ2) is 21.6. The van der Waals surface area contributed by atoms with Crippen LogP contribution in [0.4, 0.5) is 5.69 Å². The molecule has 0 spiro atoms. The molecule has 0 saturated carbocycles. The Morgan fingerprint density at radius 1 is 0.574 bits per heavy atom. The van der Waals surface area contributed by atoms with Crippen LogP contribution in [0.15, 0.2) is 121 Å². The van der Waals surface area contributed by atoms with Gasteiger partial charge in [-0.2, -0.15) is 0 Å². The van der Waals surface area contributed by atoms with E-state index in [0.29, 0.717) is 97.5 Å². The predicted octanol–water partition coefficient (Wildman–Crippen LogP) is 7.66. The molecule has 0 aromatic heterocycles. The summed E-state index contributed by atoms with van der Waals surface area (Å²) < 4.78 is 37.8. The van der Waals surface area contributed by atoms with Gasteiger partial charge in [0.15, 0.2) is 11.5 Å². The van der Waals surface area contributed by atoms with Crippen molar-refractivity contribution in [2.45, 2.75) is 25.7 Å². The van der Waals surface area contributed by atoms with Gasteiger partial charge in [0.25, 0.3) is 0 Å². The van der Waals surface area contributed by atoms with Crippen LogP contribution in [0, 0.1) is 0 Å². The zero-order valence-electron chi connectivity index (χ0n) is 29.9. The first-order valence-corrected chi connectivity index (χ1v) is 17.1. The summed E-state index contributed by atoms with van der Waals surface area (Å²) in [6.07, 6.45) is 6.58. The van der Waals surface area contributed by atoms with Gasteiger partial charge in [-0.3, -0.25) is 4.99 Å². The molecule has 0 amide bonds. The summed E-state index contributed by atoms with van der Waals surface area (Å²) in [6.45, 7) is 8.17. The number of nitrogens with zero attached hydrogens (tertiary/aromatic N) is 1. The number of ether oxygens (including phenoxy) is 7. The molecule has 0 aliphatic heterocycles. The number of carbonyl (C=O) groups is 4. The van der Waals surface area contributed by atoms with E-state index in [2.05, 4.69) is 18.2 Å². The molecule has 4 aromatic carbocycles. The van der Waals surface area contributed by atoms with Crippen molar-refractivity contribution in [2.24, 2.45) is 4.99 Å². The highest BCUT2D eigenvalue weighted by atomic mass is 16.6. The maximum Gasteiger partial charge on any atom is 0.343 e. The van der Waals surface area contributed by atoms with Crippen LogP contribution in [-0.4, -0.2) is 63.6 Å². The minimum Gasteiger partial charge on any atom is -0.494 e. The standard InChI is InChI=1S/C42H41NO11/c1-4-39(44)51-26-8-6-24-49-34-17-11-31(12-18-34)41(46)53-36-21-15-33(16-22-36)43-29-30-10-23-37(38(28-30)48-3)54-42(47)32-13-19-35(20-14-32)50-25-7-9-27-52-40(45)5-2/h4-5,10-23,28-29H,1-2,6-9,24-27H2,3H3. The van der Waals surface area contributed by atoms with Gasteiger partial charge in [0.05, 0.1) is 50.4 Å². The summed E-state index contributed by atoms with van der Waals surface area (Å²) >= 11 is 0. The Labute approximate surface area is 313 Å². The van der Waals surface area contributed by atoms with E-state index >= 15 is 0 Å². The van der Waals surface area contributed by atoms with Crippen molar-refractivity contribution in [3.05, 3.63) is 133 Å². The van der Waals surface area contributed by atoms with Gasteiger partial charge in [0.1, 0.15) is 17.2 Å². The molecule has 12 heteroatoms. The fraction of sp³-hybridized carbons (Fsp3) is 0.214. The molecular weight excluding hydrogens is 694 g/mol. The van der Waals surface area contributed by atoms with E-state index in [-0.39, 0.29) is 5.75 Å². The van der Waals surface area contributed by atoms with Crippen molar-refractivity contribution < 1.29 is 52.3 Å². The van der Waals surface area contributed by atoms with Crippen LogP contribution in [0.25, 0.3) is 0 Å². The van der Waals surface area contributed by atoms with E-state index in [1.54, 1.807) is 97.2 Å². The number of benzene rings is 4. The van der Waals surface area contributed by atoms with Gasteiger partial charge in [-0.1, -0.05) is 13.2 Å². The van der Waals surface area contributed by atoms with Crippen molar-refractivity contribution in [3.8, 4) is 28.7 Å². The summed E-state index contributed by atoms with van der Waals surface area (Å²) in [5.41, 5.74) is 2.01. The fourth-order valence-corrected chi connectivity index (χ4v) is 4.55. The topological polar surface area (TPSA) is 145 Å². The molecule has 54 heavy (non-hydrogen) atoms. The largest absolute Gasteiger partial charge is 0.494 e. The van der Waals surface area contributed by atoms with Gasteiger partial charge in [-0.25, -0.2) is 19.2 Å². The molecule has 280 valence electrons. The summed E-state index contributed by atoms with van der Waals surface area (Å²) in [7, 11) is 1.47. The Bertz CT molecular complexity index is 1900. The average Bonchev–Trinajstić information content (AvgIpc) is 3.20. The number of carbonyl (C=O) groups excluding carboxylic acids is 4. The third-order valence-electron chi connectivity index (χ3n) is 7.42. The molecular formula is C42H41NO11. The SMILES string of the molecule is C=CC(=O)OCCCCOc1ccc(C(=O)Oc2ccc(N=Cc3ccc(OC(=O)c4ccc(OCCCCOC(=O)C=C)cc4)c(OC)c3)cc2)cc1. The fourth-order valence-electron chi connectivity index (χ4n) is 4.55. The van der Waals surface area contributed by atoms with Gasteiger partial charge in [-0.05, 0) is 122 Å². The van der Waals surface area contributed by atoms with Gasteiger partial charge in [0.2, 0.25) is 0 Å². The van der Waals surface area contributed by atoms with E-state index in [0.717, 1.165) is 12.2 Å². The third-order valence-corrected chi connectivity index (χ3v) is 7.42. The molecule has 12 nitrogen and oxygen atoms in total. The number of unbranched alkanes of at least 4 members (excludes halogenated alkanes) is 2. The zero-order chi connectivity index (χ0) is 38.5. The van der Waals surface area contributed by atoms with E-state index < -0.39 is 23.9 Å². The lowest BCUT2D eigenvalue weighted by atomic mass is 10.2. The molecule has 0 heterocycles. The molecule has 0 radical (unpaired) electrons. The molecule has 0 bridgehead atoms. The van der Waals surface area contributed by atoms with Crippen molar-refractivity contribution in [1.82, 2.24) is 0 Å². The molecule has 0 unspecified atom stereocenters. The molecule has 0 fully saturated rings. The number of rotatable bonds is 21. The van der Waals surface area contributed by atoms with Gasteiger partial charge in [0, 0.05) is 18.4 Å². The van der Waals surface area contributed by atoms with E-state index in [4.69, 9.17) is 33.2 Å². The number of hydrogen-bond acceptors (Lipinski definition) is 12. The van der Waals surface area contributed by atoms with Gasteiger partial charge >= 0.3 is 23.9 Å². The number of aliphatic imine (C=N–C) groups is 1. The molecule has 4 rings (SSSR count). The van der Waals surface area contributed by atoms with E-state index in [1.807, 2.05) is 0 Å². The Kier molecular flexibility index (Phi) is 16.1. The Morgan fingerprint density at radius 2 is 1.06 bits per heavy atom. The van der Waals surface area contributed by atoms with Crippen LogP contribution in [0.5, 0.6) is 28.7 Å². The maximum absolute atomic E-state index is 12.8. The quantitative estimate of drug-likeness (QED) is 0.0273. The first kappa shape index (κ1) is 40.1. The summed E-state index contributed by atoms with van der Waals surface area (Å²) in [4.78, 5) is 52.1. The van der Waals surface area contributed by atoms with Crippen molar-refractivity contribution >= 4 is 35.8 Å². The molecule has 0 aliphatic rings. The first-order valence-electron chi connectivity index (χ1n) is 17.1. The Balaban J connectivity index is 1.21. The van der Waals surface area contributed by atoms with Crippen LogP contribution >= 0.6 is 0 Å². The lowest BCUT2D eigenvalue weighted by Gasteiger charge is -2.11. The van der Waals surface area contributed by atoms with Gasteiger partial charge in [-0.15, -0.1) is 0 Å². The highest BCUT2D eigenvalue weighted by Crippen LogP contribution is 2.29. The van der Waals surface area contributed by atoms with Crippen molar-refractivity contribution in [3.63, 3.8) is 0 Å². The number of esters is 4. The van der Waals surface area contributed by atoms with E-state index in [9.17, 15) is 19.2 Å². The molecule has 0 N–H and O–H groups in total. The molecule has 0 atom stereocenters. The van der Waals surface area contributed by atoms with Gasteiger partial charge < -0.3 is 33.2 Å². The summed E-state index contributed by atoms with van der Waals surface area (Å²) in [6, 6.07) is 24.9. The maximum atomic E-state index is 12.8. The molecule has 0 aliphatic carbocycles. The second-order valence-electron chi connectivity index (χ2n) is 11.3. The predicted molar refractivity (Wildman–Crippen MR) is 201 cm³/mol. The minimum atomic E-state index is -0.564. The van der Waals surface area contributed by atoms with Crippen LogP contribution < -0.4 is 23.7 Å². The summed E-state index contributed by atoms with van der Waals surface area (Å²) in [5, 5.41) is 0.